The number of thiazole rings is 1. The highest BCUT2D eigenvalue weighted by Gasteiger charge is 2.15. The van der Waals surface area contributed by atoms with Crippen molar-refractivity contribution in [3.05, 3.63) is 40.9 Å². The van der Waals surface area contributed by atoms with Crippen LogP contribution >= 0.6 is 11.3 Å². The van der Waals surface area contributed by atoms with Crippen LogP contribution in [-0.2, 0) is 4.74 Å². The lowest BCUT2D eigenvalue weighted by Crippen LogP contribution is -2.30. The molecule has 0 fully saturated rings. The molecule has 1 aromatic heterocycles. The first-order valence-corrected chi connectivity index (χ1v) is 9.58. The summed E-state index contributed by atoms with van der Waals surface area (Å²) in [5.41, 5.74) is 1.80. The summed E-state index contributed by atoms with van der Waals surface area (Å²) >= 11 is 1.43. The predicted octanol–water partition coefficient (Wildman–Crippen LogP) is 3.21. The number of hydrogen-bond acceptors (Lipinski definition) is 5. The summed E-state index contributed by atoms with van der Waals surface area (Å²) in [6.07, 6.45) is 0. The molecule has 1 heterocycles. The molecule has 1 N–H and O–H groups in total. The van der Waals surface area contributed by atoms with E-state index in [1.54, 1.807) is 0 Å². The molecule has 5 nitrogen and oxygen atoms in total. The number of aryl methyl sites for hydroxylation is 1. The summed E-state index contributed by atoms with van der Waals surface area (Å²) < 4.78 is 5.59. The van der Waals surface area contributed by atoms with Gasteiger partial charge in [-0.1, -0.05) is 44.2 Å². The van der Waals surface area contributed by atoms with Crippen molar-refractivity contribution in [1.29, 1.82) is 0 Å². The van der Waals surface area contributed by atoms with Crippen molar-refractivity contribution in [2.45, 2.75) is 20.8 Å². The van der Waals surface area contributed by atoms with Gasteiger partial charge in [-0.25, -0.2) is 4.98 Å². The molecule has 0 radical (unpaired) electrons. The highest BCUT2D eigenvalue weighted by Crippen LogP contribution is 2.27. The minimum absolute atomic E-state index is 0.0791. The Labute approximate surface area is 154 Å². The van der Waals surface area contributed by atoms with Crippen LogP contribution < -0.4 is 5.32 Å². The average molecular weight is 362 g/mol. The van der Waals surface area contributed by atoms with Crippen molar-refractivity contribution in [2.75, 3.05) is 39.4 Å². The van der Waals surface area contributed by atoms with Gasteiger partial charge in [0.25, 0.3) is 5.91 Å². The number of rotatable bonds is 10. The van der Waals surface area contributed by atoms with Crippen molar-refractivity contribution in [3.63, 3.8) is 0 Å². The lowest BCUT2D eigenvalue weighted by Gasteiger charge is -2.17. The Hall–Kier alpha value is -1.76. The summed E-state index contributed by atoms with van der Waals surface area (Å²) in [6.45, 7) is 10.9. The van der Waals surface area contributed by atoms with Crippen LogP contribution in [0.5, 0.6) is 0 Å². The Kier molecular flexibility index (Phi) is 8.04. The number of carbonyl (C=O) groups excluding carboxylic acids is 1. The molecular formula is C19H27N3O2S. The van der Waals surface area contributed by atoms with E-state index in [0.717, 1.165) is 35.9 Å². The third-order valence-corrected chi connectivity index (χ3v) is 5.21. The van der Waals surface area contributed by atoms with Crippen LogP contribution in [0.15, 0.2) is 30.3 Å². The second-order valence-corrected chi connectivity index (χ2v) is 6.69. The van der Waals surface area contributed by atoms with E-state index in [4.69, 9.17) is 4.74 Å². The molecule has 2 rings (SSSR count). The Balaban J connectivity index is 1.77. The first kappa shape index (κ1) is 19.6. The van der Waals surface area contributed by atoms with Crippen LogP contribution in [0.2, 0.25) is 0 Å². The second kappa shape index (κ2) is 10.3. The van der Waals surface area contributed by atoms with Crippen LogP contribution in [0.3, 0.4) is 0 Å². The van der Waals surface area contributed by atoms with Gasteiger partial charge in [0.05, 0.1) is 18.9 Å². The molecule has 25 heavy (non-hydrogen) atoms. The van der Waals surface area contributed by atoms with Gasteiger partial charge in [0, 0.05) is 18.7 Å². The maximum atomic E-state index is 12.3. The van der Waals surface area contributed by atoms with Gasteiger partial charge in [-0.05, 0) is 20.0 Å². The fourth-order valence-corrected chi connectivity index (χ4v) is 3.45. The molecule has 0 spiro atoms. The maximum absolute atomic E-state index is 12.3. The number of amides is 1. The zero-order valence-corrected chi connectivity index (χ0v) is 16.1. The predicted molar refractivity (Wildman–Crippen MR) is 103 cm³/mol. The molecular weight excluding hydrogens is 334 g/mol. The van der Waals surface area contributed by atoms with E-state index in [1.807, 2.05) is 37.3 Å². The number of likely N-dealkylation sites (N-methyl/N-ethyl adjacent to an activating group) is 1. The monoisotopic (exact) mass is 361 g/mol. The Bertz CT molecular complexity index is 654. The van der Waals surface area contributed by atoms with E-state index >= 15 is 0 Å². The van der Waals surface area contributed by atoms with E-state index in [-0.39, 0.29) is 5.91 Å². The molecule has 2 aromatic rings. The number of nitrogens with one attached hydrogen (secondary N) is 1. The number of ether oxygens (including phenoxy) is 1. The van der Waals surface area contributed by atoms with Gasteiger partial charge in [0.15, 0.2) is 0 Å². The van der Waals surface area contributed by atoms with Crippen molar-refractivity contribution in [2.24, 2.45) is 0 Å². The zero-order chi connectivity index (χ0) is 18.1. The molecule has 0 saturated carbocycles. The van der Waals surface area contributed by atoms with E-state index in [1.165, 1.54) is 11.3 Å². The summed E-state index contributed by atoms with van der Waals surface area (Å²) in [6, 6.07) is 9.92. The van der Waals surface area contributed by atoms with E-state index in [0.29, 0.717) is 24.6 Å². The Morgan fingerprint density at radius 3 is 2.60 bits per heavy atom. The third kappa shape index (κ3) is 5.92. The molecule has 1 amide bonds. The molecule has 0 unspecified atom stereocenters. The molecule has 0 bridgehead atoms. The van der Waals surface area contributed by atoms with Gasteiger partial charge in [0.2, 0.25) is 0 Å². The second-order valence-electron chi connectivity index (χ2n) is 5.69. The number of nitrogens with zero attached hydrogens (tertiary/aromatic N) is 2. The van der Waals surface area contributed by atoms with Crippen LogP contribution in [0.25, 0.3) is 10.6 Å². The highest BCUT2D eigenvalue weighted by molar-refractivity contribution is 7.17. The normalized spacial score (nSPS) is 11.0. The van der Waals surface area contributed by atoms with Gasteiger partial charge in [0.1, 0.15) is 9.88 Å². The summed E-state index contributed by atoms with van der Waals surface area (Å²) in [4.78, 5) is 19.8. The first-order valence-electron chi connectivity index (χ1n) is 8.76. The van der Waals surface area contributed by atoms with Gasteiger partial charge >= 0.3 is 0 Å². The highest BCUT2D eigenvalue weighted by atomic mass is 32.1. The standard InChI is InChI=1S/C19H27N3O2S/c1-4-22(5-2)12-14-24-13-11-20-18(23)17-15(3)21-19(25-17)16-9-7-6-8-10-16/h6-10H,4-5,11-14H2,1-3H3,(H,20,23). The minimum Gasteiger partial charge on any atom is -0.378 e. The molecule has 0 saturated heterocycles. The van der Waals surface area contributed by atoms with E-state index in [9.17, 15) is 4.79 Å². The molecule has 0 aliphatic rings. The average Bonchev–Trinajstić information content (AvgIpc) is 3.03. The smallest absolute Gasteiger partial charge is 0.263 e. The van der Waals surface area contributed by atoms with Crippen molar-refractivity contribution in [3.8, 4) is 10.6 Å². The lowest BCUT2D eigenvalue weighted by molar-refractivity contribution is 0.0887. The number of benzene rings is 1. The molecule has 0 aliphatic carbocycles. The Morgan fingerprint density at radius 2 is 1.92 bits per heavy atom. The minimum atomic E-state index is -0.0791. The maximum Gasteiger partial charge on any atom is 0.263 e. The molecule has 6 heteroatoms. The van der Waals surface area contributed by atoms with E-state index in [2.05, 4.69) is 29.0 Å². The molecule has 0 atom stereocenters. The molecule has 136 valence electrons. The summed E-state index contributed by atoms with van der Waals surface area (Å²) in [7, 11) is 0. The van der Waals surface area contributed by atoms with Gasteiger partial charge < -0.3 is 15.0 Å². The Morgan fingerprint density at radius 1 is 1.20 bits per heavy atom. The number of hydrogen-bond donors (Lipinski definition) is 1. The summed E-state index contributed by atoms with van der Waals surface area (Å²) in [5.74, 6) is -0.0791. The fourth-order valence-electron chi connectivity index (χ4n) is 2.46. The topological polar surface area (TPSA) is 54.5 Å². The van der Waals surface area contributed by atoms with Crippen LogP contribution in [0.1, 0.15) is 29.2 Å². The van der Waals surface area contributed by atoms with Crippen molar-refractivity contribution in [1.82, 2.24) is 15.2 Å². The number of aromatic nitrogens is 1. The first-order chi connectivity index (χ1) is 12.2. The van der Waals surface area contributed by atoms with Crippen LogP contribution in [0.4, 0.5) is 0 Å². The zero-order valence-electron chi connectivity index (χ0n) is 15.2. The SMILES string of the molecule is CCN(CC)CCOCCNC(=O)c1sc(-c2ccccc2)nc1C. The molecule has 0 aliphatic heterocycles. The fraction of sp³-hybridized carbons (Fsp3) is 0.474. The lowest BCUT2D eigenvalue weighted by atomic mass is 10.2. The van der Waals surface area contributed by atoms with Gasteiger partial charge in [-0.3, -0.25) is 4.79 Å². The molecule has 1 aromatic carbocycles. The van der Waals surface area contributed by atoms with Crippen molar-refractivity contribution < 1.29 is 9.53 Å². The van der Waals surface area contributed by atoms with Crippen LogP contribution in [-0.4, -0.2) is 55.2 Å². The van der Waals surface area contributed by atoms with Crippen LogP contribution in [0, 0.1) is 6.92 Å². The van der Waals surface area contributed by atoms with Gasteiger partial charge in [-0.15, -0.1) is 11.3 Å². The van der Waals surface area contributed by atoms with E-state index < -0.39 is 0 Å². The largest absolute Gasteiger partial charge is 0.378 e. The van der Waals surface area contributed by atoms with Gasteiger partial charge in [-0.2, -0.15) is 0 Å². The summed E-state index contributed by atoms with van der Waals surface area (Å²) in [5, 5.41) is 3.79. The quantitative estimate of drug-likeness (QED) is 0.660. The number of carbonyl (C=O) groups is 1. The third-order valence-electron chi connectivity index (χ3n) is 4.00. The van der Waals surface area contributed by atoms with Crippen molar-refractivity contribution >= 4 is 17.2 Å².